The second-order valence-corrected chi connectivity index (χ2v) is 5.50. The molecule has 1 rings (SSSR count). The number of hydrogen-bond acceptors (Lipinski definition) is 3. The molecule has 17 heavy (non-hydrogen) atoms. The van der Waals surface area contributed by atoms with Crippen LogP contribution >= 0.6 is 0 Å². The predicted octanol–water partition coefficient (Wildman–Crippen LogP) is 3.09. The van der Waals surface area contributed by atoms with E-state index in [2.05, 4.69) is 18.8 Å². The molecule has 0 amide bonds. The Bertz CT molecular complexity index is 374. The van der Waals surface area contributed by atoms with Crippen molar-refractivity contribution in [2.45, 2.75) is 52.6 Å². The van der Waals surface area contributed by atoms with Crippen LogP contribution in [0.2, 0.25) is 0 Å². The van der Waals surface area contributed by atoms with Gasteiger partial charge in [-0.3, -0.25) is 9.78 Å². The van der Waals surface area contributed by atoms with E-state index in [0.29, 0.717) is 5.92 Å². The summed E-state index contributed by atoms with van der Waals surface area (Å²) in [4.78, 5) is 15.9. The van der Waals surface area contributed by atoms with E-state index < -0.39 is 5.60 Å². The van der Waals surface area contributed by atoms with Crippen molar-refractivity contribution < 1.29 is 9.53 Å². The Labute approximate surface area is 103 Å². The van der Waals surface area contributed by atoms with Crippen LogP contribution in [0.25, 0.3) is 0 Å². The van der Waals surface area contributed by atoms with Crippen LogP contribution in [0.5, 0.6) is 0 Å². The number of ether oxygens (including phenoxy) is 1. The molecule has 0 atom stereocenters. The summed E-state index contributed by atoms with van der Waals surface area (Å²) in [6.07, 6.45) is 2.06. The first-order chi connectivity index (χ1) is 7.78. The van der Waals surface area contributed by atoms with Gasteiger partial charge in [0.25, 0.3) is 0 Å². The van der Waals surface area contributed by atoms with Crippen LogP contribution in [-0.2, 0) is 16.0 Å². The molecule has 0 aromatic carbocycles. The number of esters is 1. The molecule has 0 N–H and O–H groups in total. The molecule has 0 radical (unpaired) electrons. The lowest BCUT2D eigenvalue weighted by Crippen LogP contribution is -2.25. The molecule has 0 spiro atoms. The highest BCUT2D eigenvalue weighted by molar-refractivity contribution is 5.72. The smallest absolute Gasteiger partial charge is 0.312 e. The predicted molar refractivity (Wildman–Crippen MR) is 67.9 cm³/mol. The fourth-order valence-corrected chi connectivity index (χ4v) is 1.41. The third-order valence-electron chi connectivity index (χ3n) is 2.26. The summed E-state index contributed by atoms with van der Waals surface area (Å²) in [5, 5.41) is 0. The van der Waals surface area contributed by atoms with Gasteiger partial charge < -0.3 is 4.74 Å². The average molecular weight is 235 g/mol. The van der Waals surface area contributed by atoms with Gasteiger partial charge in [-0.15, -0.1) is 0 Å². The number of rotatable bonds is 3. The lowest BCUT2D eigenvalue weighted by Gasteiger charge is -2.19. The van der Waals surface area contributed by atoms with Crippen LogP contribution in [0.3, 0.4) is 0 Å². The molecule has 3 nitrogen and oxygen atoms in total. The van der Waals surface area contributed by atoms with E-state index in [1.165, 1.54) is 5.56 Å². The second kappa shape index (κ2) is 5.30. The van der Waals surface area contributed by atoms with Crippen LogP contribution in [-0.4, -0.2) is 16.6 Å². The molecule has 1 aromatic heterocycles. The molecule has 1 heterocycles. The summed E-state index contributed by atoms with van der Waals surface area (Å²) in [5.41, 5.74) is 1.50. The molecule has 0 aliphatic rings. The van der Waals surface area contributed by atoms with E-state index in [-0.39, 0.29) is 12.4 Å². The van der Waals surface area contributed by atoms with Crippen molar-refractivity contribution in [3.8, 4) is 0 Å². The first-order valence-electron chi connectivity index (χ1n) is 5.94. The number of carbonyl (C=O) groups excluding carboxylic acids is 1. The summed E-state index contributed by atoms with van der Waals surface area (Å²) < 4.78 is 5.24. The molecule has 3 heteroatoms. The molecule has 1 aromatic rings. The molecule has 0 unspecified atom stereocenters. The zero-order valence-corrected chi connectivity index (χ0v) is 11.3. The van der Waals surface area contributed by atoms with E-state index in [1.54, 1.807) is 0 Å². The van der Waals surface area contributed by atoms with Gasteiger partial charge in [0.05, 0.1) is 12.1 Å². The summed E-state index contributed by atoms with van der Waals surface area (Å²) in [6, 6.07) is 3.90. The summed E-state index contributed by atoms with van der Waals surface area (Å²) in [6.45, 7) is 9.82. The van der Waals surface area contributed by atoms with Gasteiger partial charge in [0.15, 0.2) is 0 Å². The molecular formula is C14H21NO2. The van der Waals surface area contributed by atoms with Gasteiger partial charge in [0.2, 0.25) is 0 Å². The van der Waals surface area contributed by atoms with Gasteiger partial charge >= 0.3 is 5.97 Å². The number of nitrogens with zero attached hydrogens (tertiary/aromatic N) is 1. The van der Waals surface area contributed by atoms with Crippen molar-refractivity contribution in [1.82, 2.24) is 4.98 Å². The zero-order chi connectivity index (χ0) is 13.1. The van der Waals surface area contributed by atoms with Crippen LogP contribution in [0.15, 0.2) is 18.3 Å². The topological polar surface area (TPSA) is 39.2 Å². The fourth-order valence-electron chi connectivity index (χ4n) is 1.41. The molecule has 0 bridgehead atoms. The molecular weight excluding hydrogens is 214 g/mol. The minimum atomic E-state index is -0.436. The Balaban J connectivity index is 2.61. The lowest BCUT2D eigenvalue weighted by atomic mass is 10.1. The van der Waals surface area contributed by atoms with Crippen LogP contribution in [0.4, 0.5) is 0 Å². The van der Waals surface area contributed by atoms with Gasteiger partial charge in [-0.2, -0.15) is 0 Å². The van der Waals surface area contributed by atoms with Crippen LogP contribution in [0.1, 0.15) is 51.8 Å². The number of aromatic nitrogens is 1. The largest absolute Gasteiger partial charge is 0.460 e. The van der Waals surface area contributed by atoms with Crippen molar-refractivity contribution in [3.63, 3.8) is 0 Å². The van der Waals surface area contributed by atoms with E-state index in [4.69, 9.17) is 4.74 Å². The van der Waals surface area contributed by atoms with Crippen molar-refractivity contribution in [1.29, 1.82) is 0 Å². The first kappa shape index (κ1) is 13.7. The van der Waals surface area contributed by atoms with Crippen LogP contribution < -0.4 is 0 Å². The third-order valence-corrected chi connectivity index (χ3v) is 2.26. The van der Waals surface area contributed by atoms with Crippen molar-refractivity contribution >= 4 is 5.97 Å². The maximum atomic E-state index is 11.6. The Kier molecular flexibility index (Phi) is 4.27. The standard InChI is InChI=1S/C14H21NO2/c1-10(2)11-6-7-12(15-9-11)8-13(16)17-14(3,4)5/h6-7,9-10H,8H2,1-5H3. The van der Waals surface area contributed by atoms with Crippen LogP contribution in [0, 0.1) is 0 Å². The van der Waals surface area contributed by atoms with Crippen molar-refractivity contribution in [2.75, 3.05) is 0 Å². The van der Waals surface area contributed by atoms with Gasteiger partial charge in [-0.25, -0.2) is 0 Å². The highest BCUT2D eigenvalue weighted by Crippen LogP contribution is 2.14. The number of hydrogen-bond donors (Lipinski definition) is 0. The summed E-state index contributed by atoms with van der Waals surface area (Å²) in [5.74, 6) is 0.223. The maximum absolute atomic E-state index is 11.6. The van der Waals surface area contributed by atoms with Gasteiger partial charge in [0, 0.05) is 6.20 Å². The fraction of sp³-hybridized carbons (Fsp3) is 0.571. The highest BCUT2D eigenvalue weighted by Gasteiger charge is 2.16. The molecule has 0 saturated heterocycles. The Morgan fingerprint density at radius 3 is 2.41 bits per heavy atom. The van der Waals surface area contributed by atoms with E-state index >= 15 is 0 Å². The maximum Gasteiger partial charge on any atom is 0.312 e. The Hall–Kier alpha value is -1.38. The van der Waals surface area contributed by atoms with E-state index in [0.717, 1.165) is 5.69 Å². The first-order valence-corrected chi connectivity index (χ1v) is 5.94. The zero-order valence-electron chi connectivity index (χ0n) is 11.3. The number of carbonyl (C=O) groups is 1. The molecule has 0 fully saturated rings. The normalized spacial score (nSPS) is 11.6. The van der Waals surface area contributed by atoms with E-state index in [9.17, 15) is 4.79 Å². The summed E-state index contributed by atoms with van der Waals surface area (Å²) >= 11 is 0. The number of pyridine rings is 1. The monoisotopic (exact) mass is 235 g/mol. The Morgan fingerprint density at radius 2 is 2.00 bits per heavy atom. The quantitative estimate of drug-likeness (QED) is 0.756. The van der Waals surface area contributed by atoms with Crippen molar-refractivity contribution in [3.05, 3.63) is 29.6 Å². The third kappa shape index (κ3) is 4.98. The summed E-state index contributed by atoms with van der Waals surface area (Å²) in [7, 11) is 0. The minimum absolute atomic E-state index is 0.232. The molecule has 0 aliphatic carbocycles. The second-order valence-electron chi connectivity index (χ2n) is 5.50. The minimum Gasteiger partial charge on any atom is -0.460 e. The molecule has 0 aliphatic heterocycles. The Morgan fingerprint density at radius 1 is 1.35 bits per heavy atom. The van der Waals surface area contributed by atoms with Crippen molar-refractivity contribution in [2.24, 2.45) is 0 Å². The highest BCUT2D eigenvalue weighted by atomic mass is 16.6. The molecule has 94 valence electrons. The SMILES string of the molecule is CC(C)c1ccc(CC(=O)OC(C)(C)C)nc1. The average Bonchev–Trinajstić information content (AvgIpc) is 2.15. The van der Waals surface area contributed by atoms with E-state index in [1.807, 2.05) is 39.1 Å². The van der Waals surface area contributed by atoms with Gasteiger partial charge in [-0.05, 0) is 38.3 Å². The van der Waals surface area contributed by atoms with Gasteiger partial charge in [-0.1, -0.05) is 19.9 Å². The van der Waals surface area contributed by atoms with Gasteiger partial charge in [0.1, 0.15) is 5.60 Å². The lowest BCUT2D eigenvalue weighted by molar-refractivity contribution is -0.153. The molecule has 0 saturated carbocycles.